The maximum atomic E-state index is 13.7. The van der Waals surface area contributed by atoms with Crippen molar-refractivity contribution in [3.8, 4) is 0 Å². The van der Waals surface area contributed by atoms with Gasteiger partial charge in [-0.3, -0.25) is 14.8 Å². The molecular weight excluding hydrogens is 323 g/mol. The Kier molecular flexibility index (Phi) is 4.60. The van der Waals surface area contributed by atoms with Gasteiger partial charge in [-0.05, 0) is 26.8 Å². The van der Waals surface area contributed by atoms with Crippen LogP contribution in [0.25, 0.3) is 0 Å². The zero-order chi connectivity index (χ0) is 18.0. The SMILES string of the molecule is CCn1nc(C)c(C(=O)Nc2ncn(Cc3ccccc3F)n2)c1C. The first-order valence-corrected chi connectivity index (χ1v) is 7.97. The summed E-state index contributed by atoms with van der Waals surface area (Å²) in [5.41, 5.74) is 2.47. The van der Waals surface area contributed by atoms with Crippen LogP contribution in [0.1, 0.15) is 34.2 Å². The van der Waals surface area contributed by atoms with Crippen molar-refractivity contribution in [1.82, 2.24) is 24.5 Å². The standard InChI is InChI=1S/C17H19FN6O/c1-4-24-12(3)15(11(2)21-24)16(25)20-17-19-10-23(22-17)9-13-7-5-6-8-14(13)18/h5-8,10H,4,9H2,1-3H3,(H,20,22,25). The number of carbonyl (C=O) groups is 1. The van der Waals surface area contributed by atoms with E-state index in [9.17, 15) is 9.18 Å². The fraction of sp³-hybridized carbons (Fsp3) is 0.294. The molecule has 1 N–H and O–H groups in total. The molecule has 0 aliphatic carbocycles. The predicted octanol–water partition coefficient (Wildman–Crippen LogP) is 2.55. The summed E-state index contributed by atoms with van der Waals surface area (Å²) in [6.45, 7) is 6.53. The molecule has 0 radical (unpaired) electrons. The molecule has 2 aromatic heterocycles. The van der Waals surface area contributed by atoms with E-state index in [-0.39, 0.29) is 24.2 Å². The van der Waals surface area contributed by atoms with Crippen LogP contribution in [0.2, 0.25) is 0 Å². The highest BCUT2D eigenvalue weighted by Crippen LogP contribution is 2.15. The molecule has 0 atom stereocenters. The second kappa shape index (κ2) is 6.84. The summed E-state index contributed by atoms with van der Waals surface area (Å²) >= 11 is 0. The summed E-state index contributed by atoms with van der Waals surface area (Å²) in [7, 11) is 0. The van der Waals surface area contributed by atoms with Crippen molar-refractivity contribution in [3.05, 3.63) is 58.9 Å². The third-order valence-corrected chi connectivity index (χ3v) is 3.96. The zero-order valence-corrected chi connectivity index (χ0v) is 14.3. The first kappa shape index (κ1) is 16.8. The number of aryl methyl sites for hydroxylation is 2. The molecule has 8 heteroatoms. The van der Waals surface area contributed by atoms with Gasteiger partial charge in [0, 0.05) is 17.8 Å². The van der Waals surface area contributed by atoms with E-state index < -0.39 is 0 Å². The van der Waals surface area contributed by atoms with E-state index in [0.717, 1.165) is 5.69 Å². The Morgan fingerprint density at radius 1 is 1.24 bits per heavy atom. The predicted molar refractivity (Wildman–Crippen MR) is 90.9 cm³/mol. The molecule has 2 heterocycles. The highest BCUT2D eigenvalue weighted by atomic mass is 19.1. The van der Waals surface area contributed by atoms with Gasteiger partial charge in [-0.25, -0.2) is 14.1 Å². The van der Waals surface area contributed by atoms with E-state index in [4.69, 9.17) is 0 Å². The average molecular weight is 342 g/mol. The van der Waals surface area contributed by atoms with Crippen molar-refractivity contribution in [3.63, 3.8) is 0 Å². The molecule has 0 aliphatic rings. The number of benzene rings is 1. The van der Waals surface area contributed by atoms with Gasteiger partial charge in [0.1, 0.15) is 12.1 Å². The Labute approximate surface area is 144 Å². The monoisotopic (exact) mass is 342 g/mol. The largest absolute Gasteiger partial charge is 0.289 e. The quantitative estimate of drug-likeness (QED) is 0.773. The second-order valence-corrected chi connectivity index (χ2v) is 5.67. The molecule has 130 valence electrons. The van der Waals surface area contributed by atoms with Crippen molar-refractivity contribution < 1.29 is 9.18 Å². The minimum Gasteiger partial charge on any atom is -0.289 e. The van der Waals surface area contributed by atoms with E-state index in [1.54, 1.807) is 29.8 Å². The molecule has 7 nitrogen and oxygen atoms in total. The van der Waals surface area contributed by atoms with Gasteiger partial charge in [-0.2, -0.15) is 5.10 Å². The number of nitrogens with zero attached hydrogens (tertiary/aromatic N) is 5. The normalized spacial score (nSPS) is 10.9. The van der Waals surface area contributed by atoms with Crippen molar-refractivity contribution >= 4 is 11.9 Å². The number of hydrogen-bond acceptors (Lipinski definition) is 4. The maximum absolute atomic E-state index is 13.7. The van der Waals surface area contributed by atoms with Gasteiger partial charge in [-0.1, -0.05) is 18.2 Å². The van der Waals surface area contributed by atoms with Crippen molar-refractivity contribution in [2.75, 3.05) is 5.32 Å². The van der Waals surface area contributed by atoms with Crippen LogP contribution in [0.4, 0.5) is 10.3 Å². The molecule has 1 aromatic carbocycles. The first-order chi connectivity index (χ1) is 12.0. The maximum Gasteiger partial charge on any atom is 0.261 e. The Morgan fingerprint density at radius 2 is 2.00 bits per heavy atom. The zero-order valence-electron chi connectivity index (χ0n) is 14.3. The molecule has 3 rings (SSSR count). The van der Waals surface area contributed by atoms with Crippen LogP contribution in [0.5, 0.6) is 0 Å². The molecule has 0 bridgehead atoms. The van der Waals surface area contributed by atoms with E-state index in [2.05, 4.69) is 20.5 Å². The van der Waals surface area contributed by atoms with Gasteiger partial charge < -0.3 is 0 Å². The fourth-order valence-corrected chi connectivity index (χ4v) is 2.73. The van der Waals surface area contributed by atoms with Gasteiger partial charge in [0.15, 0.2) is 0 Å². The average Bonchev–Trinajstić information content (AvgIpc) is 3.13. The molecule has 0 saturated carbocycles. The highest BCUT2D eigenvalue weighted by molar-refractivity contribution is 6.04. The molecular formula is C17H19FN6O. The van der Waals surface area contributed by atoms with Gasteiger partial charge >= 0.3 is 0 Å². The summed E-state index contributed by atoms with van der Waals surface area (Å²) in [6, 6.07) is 6.47. The molecule has 0 unspecified atom stereocenters. The molecule has 0 fully saturated rings. The van der Waals surface area contributed by atoms with Gasteiger partial charge in [0.2, 0.25) is 5.95 Å². The van der Waals surface area contributed by atoms with Crippen molar-refractivity contribution in [2.24, 2.45) is 0 Å². The number of nitrogens with one attached hydrogen (secondary N) is 1. The summed E-state index contributed by atoms with van der Waals surface area (Å²) in [4.78, 5) is 16.6. The Hall–Kier alpha value is -3.03. The minimum absolute atomic E-state index is 0.171. The molecule has 0 saturated heterocycles. The van der Waals surface area contributed by atoms with Crippen molar-refractivity contribution in [1.29, 1.82) is 0 Å². The third kappa shape index (κ3) is 3.42. The van der Waals surface area contributed by atoms with Crippen LogP contribution in [-0.4, -0.2) is 30.5 Å². The molecule has 0 spiro atoms. The lowest BCUT2D eigenvalue weighted by molar-refractivity contribution is 0.102. The summed E-state index contributed by atoms with van der Waals surface area (Å²) in [6.07, 6.45) is 1.46. The summed E-state index contributed by atoms with van der Waals surface area (Å²) < 4.78 is 16.9. The number of halogens is 1. The number of anilines is 1. The molecule has 3 aromatic rings. The van der Waals surface area contributed by atoms with E-state index >= 15 is 0 Å². The van der Waals surface area contributed by atoms with Crippen LogP contribution >= 0.6 is 0 Å². The summed E-state index contributed by atoms with van der Waals surface area (Å²) in [5, 5.41) is 11.2. The lowest BCUT2D eigenvalue weighted by atomic mass is 10.2. The lowest BCUT2D eigenvalue weighted by Crippen LogP contribution is -2.15. The van der Waals surface area contributed by atoms with Gasteiger partial charge in [0.25, 0.3) is 5.91 Å². The highest BCUT2D eigenvalue weighted by Gasteiger charge is 2.19. The van der Waals surface area contributed by atoms with Crippen LogP contribution in [0.3, 0.4) is 0 Å². The molecule has 25 heavy (non-hydrogen) atoms. The van der Waals surface area contributed by atoms with E-state index in [1.807, 2.05) is 13.8 Å². The second-order valence-electron chi connectivity index (χ2n) is 5.67. The van der Waals surface area contributed by atoms with Gasteiger partial charge in [0.05, 0.1) is 17.8 Å². The minimum atomic E-state index is -0.307. The fourth-order valence-electron chi connectivity index (χ4n) is 2.73. The summed E-state index contributed by atoms with van der Waals surface area (Å²) in [5.74, 6) is -0.440. The molecule has 1 amide bonds. The van der Waals surface area contributed by atoms with Crippen LogP contribution < -0.4 is 5.32 Å². The third-order valence-electron chi connectivity index (χ3n) is 3.96. The number of amides is 1. The van der Waals surface area contributed by atoms with E-state index in [1.165, 1.54) is 17.1 Å². The van der Waals surface area contributed by atoms with Crippen LogP contribution in [0, 0.1) is 19.7 Å². The number of carbonyl (C=O) groups excluding carboxylic acids is 1. The van der Waals surface area contributed by atoms with Gasteiger partial charge in [-0.15, -0.1) is 5.10 Å². The smallest absolute Gasteiger partial charge is 0.261 e. The number of rotatable bonds is 5. The Morgan fingerprint density at radius 3 is 2.68 bits per heavy atom. The van der Waals surface area contributed by atoms with Crippen LogP contribution in [-0.2, 0) is 13.1 Å². The van der Waals surface area contributed by atoms with Crippen molar-refractivity contribution in [2.45, 2.75) is 33.9 Å². The number of hydrogen-bond donors (Lipinski definition) is 1. The Bertz CT molecular complexity index is 914. The molecule has 0 aliphatic heterocycles. The Balaban J connectivity index is 1.74. The topological polar surface area (TPSA) is 77.6 Å². The van der Waals surface area contributed by atoms with Crippen LogP contribution in [0.15, 0.2) is 30.6 Å². The number of aromatic nitrogens is 5. The van der Waals surface area contributed by atoms with E-state index in [0.29, 0.717) is 23.4 Å². The first-order valence-electron chi connectivity index (χ1n) is 7.97. The lowest BCUT2D eigenvalue weighted by Gasteiger charge is -2.03.